The first-order chi connectivity index (χ1) is 31.9. The minimum absolute atomic E-state index is 0.0923. The van der Waals surface area contributed by atoms with Crippen molar-refractivity contribution in [2.45, 2.75) is 322 Å². The van der Waals surface area contributed by atoms with Gasteiger partial charge in [-0.1, -0.05) is 258 Å². The summed E-state index contributed by atoms with van der Waals surface area (Å²) >= 11 is 0. The van der Waals surface area contributed by atoms with E-state index in [2.05, 4.69) is 20.8 Å². The molecule has 1 unspecified atom stereocenters. The summed E-state index contributed by atoms with van der Waals surface area (Å²) in [4.78, 5) is 50.1. The van der Waals surface area contributed by atoms with E-state index in [1.54, 1.807) is 0 Å². The van der Waals surface area contributed by atoms with Crippen LogP contribution in [0.5, 0.6) is 0 Å². The fourth-order valence-electron chi connectivity index (χ4n) is 8.54. The standard InChI is InChI=1S/C57H108O8/c1-4-7-10-13-16-18-20-22-24-26-28-30-33-37-42-47-55(59)63-51-53(65-57(61)49-44-38-34-31-29-27-25-23-21-19-17-14-11-8-5-2)52-64-56(60)48-43-39-35-40-45-50-62-54(58)46-41-36-32-15-12-9-6-3/h53H,4-52H2,1-3H3. The Morgan fingerprint density at radius 2 is 0.477 bits per heavy atom. The second-order valence-electron chi connectivity index (χ2n) is 19.5. The number of hydrogen-bond donors (Lipinski definition) is 0. The molecule has 384 valence electrons. The molecule has 0 radical (unpaired) electrons. The highest BCUT2D eigenvalue weighted by Gasteiger charge is 2.19. The van der Waals surface area contributed by atoms with E-state index < -0.39 is 6.10 Å². The smallest absolute Gasteiger partial charge is 0.306 e. The summed E-state index contributed by atoms with van der Waals surface area (Å²) in [7, 11) is 0. The molecule has 65 heavy (non-hydrogen) atoms. The van der Waals surface area contributed by atoms with Gasteiger partial charge in [-0.05, 0) is 32.1 Å². The molecule has 0 bridgehead atoms. The minimum Gasteiger partial charge on any atom is -0.466 e. The number of hydrogen-bond acceptors (Lipinski definition) is 8. The first-order valence-electron chi connectivity index (χ1n) is 28.6. The maximum Gasteiger partial charge on any atom is 0.306 e. The third-order valence-corrected chi connectivity index (χ3v) is 12.9. The van der Waals surface area contributed by atoms with Crippen LogP contribution in [-0.2, 0) is 38.1 Å². The summed E-state index contributed by atoms with van der Waals surface area (Å²) in [6.07, 6.45) is 51.3. The van der Waals surface area contributed by atoms with Crippen LogP contribution in [0.2, 0.25) is 0 Å². The first-order valence-corrected chi connectivity index (χ1v) is 28.6. The van der Waals surface area contributed by atoms with Crippen molar-refractivity contribution in [2.75, 3.05) is 19.8 Å². The topological polar surface area (TPSA) is 105 Å². The molecule has 0 aromatic carbocycles. The molecule has 8 nitrogen and oxygen atoms in total. The highest BCUT2D eigenvalue weighted by atomic mass is 16.6. The molecule has 0 amide bonds. The molecule has 0 aromatic heterocycles. The van der Waals surface area contributed by atoms with Crippen molar-refractivity contribution >= 4 is 23.9 Å². The zero-order valence-electron chi connectivity index (χ0n) is 43.5. The predicted molar refractivity (Wildman–Crippen MR) is 272 cm³/mol. The maximum atomic E-state index is 12.8. The van der Waals surface area contributed by atoms with Crippen LogP contribution in [0.25, 0.3) is 0 Å². The van der Waals surface area contributed by atoms with Gasteiger partial charge >= 0.3 is 23.9 Å². The zero-order chi connectivity index (χ0) is 47.4. The van der Waals surface area contributed by atoms with Crippen LogP contribution in [-0.4, -0.2) is 49.8 Å². The van der Waals surface area contributed by atoms with E-state index in [0.717, 1.165) is 77.0 Å². The number of unbranched alkanes of at least 4 members (excludes halogenated alkanes) is 38. The largest absolute Gasteiger partial charge is 0.466 e. The summed E-state index contributed by atoms with van der Waals surface area (Å²) in [5.41, 5.74) is 0. The van der Waals surface area contributed by atoms with Crippen LogP contribution in [0.4, 0.5) is 0 Å². The van der Waals surface area contributed by atoms with Crippen LogP contribution in [0.15, 0.2) is 0 Å². The van der Waals surface area contributed by atoms with Crippen molar-refractivity contribution < 1.29 is 38.1 Å². The lowest BCUT2D eigenvalue weighted by molar-refractivity contribution is -0.167. The number of esters is 4. The summed E-state index contributed by atoms with van der Waals surface area (Å²) in [6.45, 7) is 7.01. The van der Waals surface area contributed by atoms with E-state index in [1.165, 1.54) is 186 Å². The Kier molecular flexibility index (Phi) is 51.1. The van der Waals surface area contributed by atoms with E-state index in [9.17, 15) is 19.2 Å². The van der Waals surface area contributed by atoms with Crippen molar-refractivity contribution in [3.8, 4) is 0 Å². The molecule has 0 aliphatic heterocycles. The average molecular weight is 921 g/mol. The summed E-state index contributed by atoms with van der Waals surface area (Å²) < 4.78 is 22.2. The fourth-order valence-corrected chi connectivity index (χ4v) is 8.54. The van der Waals surface area contributed by atoms with Gasteiger partial charge in [0, 0.05) is 25.7 Å². The normalized spacial score (nSPS) is 11.7. The van der Waals surface area contributed by atoms with Gasteiger partial charge in [0.25, 0.3) is 0 Å². The number of rotatable bonds is 53. The van der Waals surface area contributed by atoms with Crippen LogP contribution >= 0.6 is 0 Å². The molecule has 0 heterocycles. The SMILES string of the molecule is CCCCCCCCCCCCCCCCCC(=O)OCC(COC(=O)CCCCCCCOC(=O)CCCCCCCCC)OC(=O)CCCCCCCCCCCCCCCCC. The molecule has 0 saturated heterocycles. The van der Waals surface area contributed by atoms with Gasteiger partial charge in [0.2, 0.25) is 0 Å². The zero-order valence-corrected chi connectivity index (χ0v) is 43.5. The summed E-state index contributed by atoms with van der Waals surface area (Å²) in [6, 6.07) is 0. The third-order valence-electron chi connectivity index (χ3n) is 12.9. The van der Waals surface area contributed by atoms with Gasteiger partial charge in [-0.25, -0.2) is 0 Å². The van der Waals surface area contributed by atoms with Crippen LogP contribution < -0.4 is 0 Å². The lowest BCUT2D eigenvalue weighted by atomic mass is 10.0. The van der Waals surface area contributed by atoms with E-state index in [0.29, 0.717) is 32.3 Å². The van der Waals surface area contributed by atoms with E-state index >= 15 is 0 Å². The Morgan fingerprint density at radius 1 is 0.262 bits per heavy atom. The molecule has 0 aliphatic carbocycles. The Labute approximate surface area is 402 Å². The molecule has 0 fully saturated rings. The number of carbonyl (C=O) groups is 4. The van der Waals surface area contributed by atoms with E-state index in [-0.39, 0.29) is 43.5 Å². The van der Waals surface area contributed by atoms with Crippen molar-refractivity contribution in [1.82, 2.24) is 0 Å². The summed E-state index contributed by atoms with van der Waals surface area (Å²) in [5.74, 6) is -1.05. The molecule has 0 N–H and O–H groups in total. The van der Waals surface area contributed by atoms with Crippen LogP contribution in [0, 0.1) is 0 Å². The molecule has 1 atom stereocenters. The number of ether oxygens (including phenoxy) is 4. The Balaban J connectivity index is 4.35. The molecule has 0 spiro atoms. The van der Waals surface area contributed by atoms with Crippen LogP contribution in [0.1, 0.15) is 316 Å². The Bertz CT molecular complexity index is 1030. The van der Waals surface area contributed by atoms with Crippen molar-refractivity contribution in [1.29, 1.82) is 0 Å². The van der Waals surface area contributed by atoms with Gasteiger partial charge in [-0.15, -0.1) is 0 Å². The molecule has 0 aliphatic rings. The highest BCUT2D eigenvalue weighted by Crippen LogP contribution is 2.17. The lowest BCUT2D eigenvalue weighted by Gasteiger charge is -2.18. The molecule has 0 rings (SSSR count). The Morgan fingerprint density at radius 3 is 0.754 bits per heavy atom. The van der Waals surface area contributed by atoms with Gasteiger partial charge in [-0.2, -0.15) is 0 Å². The quantitative estimate of drug-likeness (QED) is 0.0337. The van der Waals surface area contributed by atoms with Gasteiger partial charge < -0.3 is 18.9 Å². The third kappa shape index (κ3) is 51.1. The first kappa shape index (κ1) is 62.9. The second-order valence-corrected chi connectivity index (χ2v) is 19.5. The predicted octanol–water partition coefficient (Wildman–Crippen LogP) is 17.5. The second kappa shape index (κ2) is 52.8. The van der Waals surface area contributed by atoms with Gasteiger partial charge in [-0.3, -0.25) is 19.2 Å². The monoisotopic (exact) mass is 921 g/mol. The van der Waals surface area contributed by atoms with Crippen molar-refractivity contribution in [3.05, 3.63) is 0 Å². The number of carbonyl (C=O) groups excluding carboxylic acids is 4. The van der Waals surface area contributed by atoms with Gasteiger partial charge in [0.15, 0.2) is 6.10 Å². The molecular weight excluding hydrogens is 813 g/mol. The Hall–Kier alpha value is -2.12. The van der Waals surface area contributed by atoms with E-state index in [4.69, 9.17) is 18.9 Å². The fraction of sp³-hybridized carbons (Fsp3) is 0.930. The van der Waals surface area contributed by atoms with Crippen LogP contribution in [0.3, 0.4) is 0 Å². The molecular formula is C57H108O8. The molecule has 0 saturated carbocycles. The minimum atomic E-state index is -0.804. The molecule has 8 heteroatoms. The van der Waals surface area contributed by atoms with Gasteiger partial charge in [0.05, 0.1) is 6.61 Å². The average Bonchev–Trinajstić information content (AvgIpc) is 3.30. The molecule has 0 aromatic rings. The highest BCUT2D eigenvalue weighted by molar-refractivity contribution is 5.71. The van der Waals surface area contributed by atoms with Crippen molar-refractivity contribution in [2.24, 2.45) is 0 Å². The lowest BCUT2D eigenvalue weighted by Crippen LogP contribution is -2.30. The van der Waals surface area contributed by atoms with Crippen molar-refractivity contribution in [3.63, 3.8) is 0 Å². The van der Waals surface area contributed by atoms with Gasteiger partial charge in [0.1, 0.15) is 13.2 Å². The maximum absolute atomic E-state index is 12.8. The van der Waals surface area contributed by atoms with E-state index in [1.807, 2.05) is 0 Å². The summed E-state index contributed by atoms with van der Waals surface area (Å²) in [5, 5.41) is 0.